The zero-order valence-corrected chi connectivity index (χ0v) is 11.5. The Kier molecular flexibility index (Phi) is 3.95. The van der Waals surface area contributed by atoms with Crippen LogP contribution in [0.1, 0.15) is 6.42 Å². The Balaban J connectivity index is 1.63. The highest BCUT2D eigenvalue weighted by Gasteiger charge is 2.20. The summed E-state index contributed by atoms with van der Waals surface area (Å²) in [4.78, 5) is 12.0. The number of ether oxygens (including phenoxy) is 3. The highest BCUT2D eigenvalue weighted by atomic mass is 35.5. The summed E-state index contributed by atoms with van der Waals surface area (Å²) in [7, 11) is 0. The topological polar surface area (TPSA) is 68.8 Å². The maximum absolute atomic E-state index is 12.0. The summed E-state index contributed by atoms with van der Waals surface area (Å²) in [5.41, 5.74) is 0.518. The fourth-order valence-corrected chi connectivity index (χ4v) is 2.37. The lowest BCUT2D eigenvalue weighted by Gasteiger charge is -2.23. The van der Waals surface area contributed by atoms with Crippen LogP contribution in [0.3, 0.4) is 0 Å². The van der Waals surface area contributed by atoms with Crippen LogP contribution in [0.2, 0.25) is 5.02 Å². The van der Waals surface area contributed by atoms with Crippen LogP contribution < -0.4 is 20.1 Å². The number of morpholine rings is 1. The van der Waals surface area contributed by atoms with Crippen molar-refractivity contribution in [2.45, 2.75) is 12.5 Å². The number of anilines is 1. The number of halogens is 1. The van der Waals surface area contributed by atoms with Gasteiger partial charge in [-0.25, -0.2) is 0 Å². The molecule has 0 bridgehead atoms. The number of fused-ring (bicyclic) bond motifs is 1. The van der Waals surface area contributed by atoms with Crippen molar-refractivity contribution in [1.82, 2.24) is 5.32 Å². The van der Waals surface area contributed by atoms with Crippen LogP contribution in [0.4, 0.5) is 5.69 Å². The normalized spacial score (nSPS) is 20.8. The molecule has 0 spiro atoms. The number of carbonyl (C=O) groups is 1. The van der Waals surface area contributed by atoms with E-state index in [1.54, 1.807) is 12.1 Å². The average molecular weight is 299 g/mol. The summed E-state index contributed by atoms with van der Waals surface area (Å²) in [6.45, 7) is 2.31. The lowest BCUT2D eigenvalue weighted by atomic mass is 10.2. The van der Waals surface area contributed by atoms with Crippen molar-refractivity contribution >= 4 is 23.2 Å². The van der Waals surface area contributed by atoms with Crippen molar-refractivity contribution in [3.8, 4) is 11.5 Å². The molecule has 2 aliphatic heterocycles. The van der Waals surface area contributed by atoms with Gasteiger partial charge in [-0.1, -0.05) is 11.6 Å². The van der Waals surface area contributed by atoms with Gasteiger partial charge < -0.3 is 24.8 Å². The number of rotatable bonds is 3. The molecule has 0 aromatic heterocycles. The molecule has 2 aliphatic rings. The average Bonchev–Trinajstić information content (AvgIpc) is 2.87. The Morgan fingerprint density at radius 3 is 2.95 bits per heavy atom. The van der Waals surface area contributed by atoms with Gasteiger partial charge in [0.05, 0.1) is 29.8 Å². The molecular formula is C13H15ClN2O4. The van der Waals surface area contributed by atoms with Crippen LogP contribution in [-0.4, -0.2) is 38.5 Å². The van der Waals surface area contributed by atoms with E-state index < -0.39 is 0 Å². The van der Waals surface area contributed by atoms with Crippen LogP contribution in [0.25, 0.3) is 0 Å². The quantitative estimate of drug-likeness (QED) is 0.882. The first-order valence-electron chi connectivity index (χ1n) is 6.43. The van der Waals surface area contributed by atoms with Gasteiger partial charge in [-0.05, 0) is 0 Å². The SMILES string of the molecule is O=C(CC1CNCCO1)Nc1cc2c(cc1Cl)OCO2. The van der Waals surface area contributed by atoms with Crippen LogP contribution in [0, 0.1) is 0 Å². The molecule has 108 valence electrons. The van der Waals surface area contributed by atoms with E-state index in [1.807, 2.05) is 0 Å². The van der Waals surface area contributed by atoms with E-state index in [0.717, 1.165) is 6.54 Å². The maximum atomic E-state index is 12.0. The molecule has 1 aromatic carbocycles. The maximum Gasteiger partial charge on any atom is 0.231 e. The highest BCUT2D eigenvalue weighted by molar-refractivity contribution is 6.34. The Morgan fingerprint density at radius 1 is 1.40 bits per heavy atom. The van der Waals surface area contributed by atoms with Gasteiger partial charge in [0.1, 0.15) is 0 Å². The van der Waals surface area contributed by atoms with Gasteiger partial charge in [-0.2, -0.15) is 0 Å². The molecule has 20 heavy (non-hydrogen) atoms. The Hall–Kier alpha value is -1.50. The van der Waals surface area contributed by atoms with Gasteiger partial charge >= 0.3 is 0 Å². The van der Waals surface area contributed by atoms with E-state index in [9.17, 15) is 4.79 Å². The summed E-state index contributed by atoms with van der Waals surface area (Å²) >= 11 is 6.10. The minimum atomic E-state index is -0.139. The zero-order valence-electron chi connectivity index (χ0n) is 10.8. The van der Waals surface area contributed by atoms with Crippen molar-refractivity contribution < 1.29 is 19.0 Å². The minimum Gasteiger partial charge on any atom is -0.454 e. The summed E-state index contributed by atoms with van der Waals surface area (Å²) < 4.78 is 16.0. The Labute approximate surface area is 121 Å². The van der Waals surface area contributed by atoms with Crippen LogP contribution in [0.15, 0.2) is 12.1 Å². The predicted octanol–water partition coefficient (Wildman–Crippen LogP) is 1.39. The molecule has 1 amide bonds. The van der Waals surface area contributed by atoms with Gasteiger partial charge in [0.25, 0.3) is 0 Å². The number of amides is 1. The molecule has 1 aromatic rings. The standard InChI is InChI=1S/C13H15ClN2O4/c14-9-4-11-12(20-7-19-11)5-10(9)16-13(17)3-8-6-15-1-2-18-8/h4-5,8,15H,1-3,6-7H2,(H,16,17). The number of hydrogen-bond acceptors (Lipinski definition) is 5. The zero-order chi connectivity index (χ0) is 13.9. The lowest BCUT2D eigenvalue weighted by molar-refractivity contribution is -0.119. The molecule has 6 nitrogen and oxygen atoms in total. The second kappa shape index (κ2) is 5.87. The molecular weight excluding hydrogens is 284 g/mol. The fraction of sp³-hybridized carbons (Fsp3) is 0.462. The van der Waals surface area contributed by atoms with Gasteiger partial charge in [-0.15, -0.1) is 0 Å². The number of benzene rings is 1. The Bertz CT molecular complexity index is 517. The van der Waals surface area contributed by atoms with Crippen molar-refractivity contribution in [3.63, 3.8) is 0 Å². The van der Waals surface area contributed by atoms with Crippen LogP contribution in [0.5, 0.6) is 11.5 Å². The molecule has 2 N–H and O–H groups in total. The van der Waals surface area contributed by atoms with E-state index in [-0.39, 0.29) is 25.2 Å². The van der Waals surface area contributed by atoms with E-state index >= 15 is 0 Å². The number of nitrogens with one attached hydrogen (secondary N) is 2. The van der Waals surface area contributed by atoms with Crippen molar-refractivity contribution in [1.29, 1.82) is 0 Å². The third-order valence-corrected chi connectivity index (χ3v) is 3.47. The summed E-state index contributed by atoms with van der Waals surface area (Å²) in [5, 5.41) is 6.38. The molecule has 1 saturated heterocycles. The van der Waals surface area contributed by atoms with E-state index in [1.165, 1.54) is 0 Å². The molecule has 1 atom stereocenters. The van der Waals surface area contributed by atoms with Crippen molar-refractivity contribution in [2.24, 2.45) is 0 Å². The van der Waals surface area contributed by atoms with Crippen molar-refractivity contribution in [2.75, 3.05) is 31.8 Å². The second-order valence-electron chi connectivity index (χ2n) is 4.63. The van der Waals surface area contributed by atoms with Crippen LogP contribution >= 0.6 is 11.6 Å². The molecule has 3 rings (SSSR count). The number of hydrogen-bond donors (Lipinski definition) is 2. The minimum absolute atomic E-state index is 0.100. The summed E-state index contributed by atoms with van der Waals surface area (Å²) in [6, 6.07) is 3.31. The van der Waals surface area contributed by atoms with Gasteiger partial charge in [0.15, 0.2) is 11.5 Å². The first-order valence-corrected chi connectivity index (χ1v) is 6.81. The van der Waals surface area contributed by atoms with E-state index in [0.29, 0.717) is 35.4 Å². The third kappa shape index (κ3) is 2.98. The first-order chi connectivity index (χ1) is 9.72. The lowest BCUT2D eigenvalue weighted by Crippen LogP contribution is -2.40. The first kappa shape index (κ1) is 13.5. The molecule has 2 heterocycles. The van der Waals surface area contributed by atoms with Gasteiger partial charge in [-0.3, -0.25) is 4.79 Å². The molecule has 0 aliphatic carbocycles. The summed E-state index contributed by atoms with van der Waals surface area (Å²) in [5.74, 6) is 1.03. The molecule has 7 heteroatoms. The predicted molar refractivity (Wildman–Crippen MR) is 73.4 cm³/mol. The number of carbonyl (C=O) groups excluding carboxylic acids is 1. The monoisotopic (exact) mass is 298 g/mol. The highest BCUT2D eigenvalue weighted by Crippen LogP contribution is 2.39. The smallest absolute Gasteiger partial charge is 0.231 e. The fourth-order valence-electron chi connectivity index (χ4n) is 2.17. The van der Waals surface area contributed by atoms with E-state index in [4.69, 9.17) is 25.8 Å². The van der Waals surface area contributed by atoms with E-state index in [2.05, 4.69) is 10.6 Å². The van der Waals surface area contributed by atoms with Crippen LogP contribution in [-0.2, 0) is 9.53 Å². The van der Waals surface area contributed by atoms with Crippen molar-refractivity contribution in [3.05, 3.63) is 17.2 Å². The van der Waals surface area contributed by atoms with Gasteiger partial charge in [0, 0.05) is 25.2 Å². The summed E-state index contributed by atoms with van der Waals surface area (Å²) in [6.07, 6.45) is 0.189. The molecule has 0 radical (unpaired) electrons. The molecule has 0 saturated carbocycles. The second-order valence-corrected chi connectivity index (χ2v) is 5.04. The Morgan fingerprint density at radius 2 is 2.20 bits per heavy atom. The third-order valence-electron chi connectivity index (χ3n) is 3.15. The van der Waals surface area contributed by atoms with Gasteiger partial charge in [0.2, 0.25) is 12.7 Å². The molecule has 1 unspecified atom stereocenters. The largest absolute Gasteiger partial charge is 0.454 e. The molecule has 1 fully saturated rings.